The van der Waals surface area contributed by atoms with Crippen molar-refractivity contribution in [1.29, 1.82) is 0 Å². The highest BCUT2D eigenvalue weighted by Crippen LogP contribution is 2.09. The summed E-state index contributed by atoms with van der Waals surface area (Å²) in [6, 6.07) is 7.30. The summed E-state index contributed by atoms with van der Waals surface area (Å²) in [5, 5.41) is 9.77. The Labute approximate surface area is 122 Å². The van der Waals surface area contributed by atoms with Crippen LogP contribution in [-0.2, 0) is 17.9 Å². The monoisotopic (exact) mass is 287 g/mol. The van der Waals surface area contributed by atoms with Gasteiger partial charge in [-0.2, -0.15) is 5.10 Å². The third-order valence-corrected chi connectivity index (χ3v) is 2.89. The van der Waals surface area contributed by atoms with Crippen molar-refractivity contribution in [2.75, 3.05) is 12.4 Å². The van der Waals surface area contributed by atoms with Crippen LogP contribution in [0.5, 0.6) is 0 Å². The third-order valence-electron chi connectivity index (χ3n) is 2.89. The fourth-order valence-corrected chi connectivity index (χ4v) is 1.82. The first-order chi connectivity index (χ1) is 10.1. The molecule has 2 rings (SSSR count). The van der Waals surface area contributed by atoms with Crippen LogP contribution in [0, 0.1) is 0 Å². The summed E-state index contributed by atoms with van der Waals surface area (Å²) in [5.41, 5.74) is 7.55. The van der Waals surface area contributed by atoms with Gasteiger partial charge in [0.15, 0.2) is 0 Å². The van der Waals surface area contributed by atoms with Gasteiger partial charge in [-0.05, 0) is 17.7 Å². The Morgan fingerprint density at radius 3 is 2.62 bits per heavy atom. The van der Waals surface area contributed by atoms with Crippen LogP contribution in [0.2, 0.25) is 0 Å². The van der Waals surface area contributed by atoms with Crippen LogP contribution in [0.3, 0.4) is 0 Å². The SMILES string of the molecule is CNC(=O)c1ccc(CNc2cnn(CC(N)=O)c2)cc1. The number of hydrogen-bond donors (Lipinski definition) is 3. The zero-order valence-electron chi connectivity index (χ0n) is 11.7. The molecule has 0 saturated carbocycles. The smallest absolute Gasteiger partial charge is 0.251 e. The van der Waals surface area contributed by atoms with Gasteiger partial charge in [-0.3, -0.25) is 14.3 Å². The molecule has 0 atom stereocenters. The molecule has 0 saturated heterocycles. The van der Waals surface area contributed by atoms with Crippen LogP contribution in [0.25, 0.3) is 0 Å². The minimum Gasteiger partial charge on any atom is -0.378 e. The van der Waals surface area contributed by atoms with Crippen molar-refractivity contribution in [3.63, 3.8) is 0 Å². The number of primary amides is 1. The molecule has 7 nitrogen and oxygen atoms in total. The second-order valence-electron chi connectivity index (χ2n) is 4.52. The standard InChI is InChI=1S/C14H17N5O2/c1-16-14(21)11-4-2-10(3-5-11)6-17-12-7-18-19(8-12)9-13(15)20/h2-5,7-8,17H,6,9H2,1H3,(H2,15,20)(H,16,21). The van der Waals surface area contributed by atoms with Gasteiger partial charge in [0, 0.05) is 25.4 Å². The minimum atomic E-state index is -0.436. The summed E-state index contributed by atoms with van der Waals surface area (Å²) in [4.78, 5) is 22.2. The van der Waals surface area contributed by atoms with E-state index in [9.17, 15) is 9.59 Å². The van der Waals surface area contributed by atoms with Gasteiger partial charge in [-0.1, -0.05) is 12.1 Å². The Morgan fingerprint density at radius 1 is 1.29 bits per heavy atom. The molecule has 1 aromatic heterocycles. The summed E-state index contributed by atoms with van der Waals surface area (Å²) >= 11 is 0. The molecule has 0 aliphatic carbocycles. The average Bonchev–Trinajstić information content (AvgIpc) is 2.91. The first-order valence-corrected chi connectivity index (χ1v) is 6.44. The van der Waals surface area contributed by atoms with E-state index < -0.39 is 5.91 Å². The quantitative estimate of drug-likeness (QED) is 0.713. The maximum atomic E-state index is 11.4. The fourth-order valence-electron chi connectivity index (χ4n) is 1.82. The number of carbonyl (C=O) groups excluding carboxylic acids is 2. The van der Waals surface area contributed by atoms with Crippen molar-refractivity contribution in [2.24, 2.45) is 5.73 Å². The molecule has 0 fully saturated rings. The van der Waals surface area contributed by atoms with Gasteiger partial charge < -0.3 is 16.4 Å². The number of nitrogens with zero attached hydrogens (tertiary/aromatic N) is 2. The van der Waals surface area contributed by atoms with E-state index in [0.29, 0.717) is 12.1 Å². The molecule has 1 heterocycles. The number of nitrogens with one attached hydrogen (secondary N) is 2. The molecule has 0 aliphatic heterocycles. The summed E-state index contributed by atoms with van der Waals surface area (Å²) < 4.78 is 1.47. The molecule has 21 heavy (non-hydrogen) atoms. The van der Waals surface area contributed by atoms with E-state index in [4.69, 9.17) is 5.73 Å². The highest BCUT2D eigenvalue weighted by atomic mass is 16.2. The van der Waals surface area contributed by atoms with Gasteiger partial charge in [-0.25, -0.2) is 0 Å². The maximum Gasteiger partial charge on any atom is 0.251 e. The predicted molar refractivity (Wildman–Crippen MR) is 78.6 cm³/mol. The van der Waals surface area contributed by atoms with Crippen LogP contribution < -0.4 is 16.4 Å². The van der Waals surface area contributed by atoms with E-state index in [1.165, 1.54) is 4.68 Å². The number of nitrogens with two attached hydrogens (primary N) is 1. The van der Waals surface area contributed by atoms with Crippen LogP contribution in [0.15, 0.2) is 36.7 Å². The number of hydrogen-bond acceptors (Lipinski definition) is 4. The molecular weight excluding hydrogens is 270 g/mol. The summed E-state index contributed by atoms with van der Waals surface area (Å²) in [5.74, 6) is -0.545. The van der Waals surface area contributed by atoms with E-state index in [1.54, 1.807) is 31.6 Å². The molecule has 2 amide bonds. The Bertz CT molecular complexity index is 633. The molecule has 2 aromatic rings. The topological polar surface area (TPSA) is 102 Å². The second kappa shape index (κ2) is 6.56. The molecule has 4 N–H and O–H groups in total. The Balaban J connectivity index is 1.92. The number of benzene rings is 1. The maximum absolute atomic E-state index is 11.4. The van der Waals surface area contributed by atoms with E-state index in [2.05, 4.69) is 15.7 Å². The van der Waals surface area contributed by atoms with Crippen molar-refractivity contribution < 1.29 is 9.59 Å². The molecule has 0 spiro atoms. The predicted octanol–water partition coefficient (Wildman–Crippen LogP) is 0.340. The van der Waals surface area contributed by atoms with Gasteiger partial charge in [-0.15, -0.1) is 0 Å². The van der Waals surface area contributed by atoms with Crippen LogP contribution >= 0.6 is 0 Å². The lowest BCUT2D eigenvalue weighted by Crippen LogP contribution is -2.18. The summed E-state index contributed by atoms with van der Waals surface area (Å²) in [6.07, 6.45) is 3.34. The van der Waals surface area contributed by atoms with E-state index in [1.807, 2.05) is 12.1 Å². The minimum absolute atomic E-state index is 0.0580. The number of rotatable bonds is 6. The first kappa shape index (κ1) is 14.6. The first-order valence-electron chi connectivity index (χ1n) is 6.44. The molecular formula is C14H17N5O2. The van der Waals surface area contributed by atoms with Gasteiger partial charge in [0.25, 0.3) is 5.91 Å². The zero-order valence-corrected chi connectivity index (χ0v) is 11.7. The molecule has 7 heteroatoms. The van der Waals surface area contributed by atoms with Crippen molar-refractivity contribution in [1.82, 2.24) is 15.1 Å². The lowest BCUT2D eigenvalue weighted by molar-refractivity contribution is -0.118. The second-order valence-corrected chi connectivity index (χ2v) is 4.52. The Morgan fingerprint density at radius 2 is 2.00 bits per heavy atom. The molecule has 0 aliphatic rings. The number of amides is 2. The zero-order chi connectivity index (χ0) is 15.2. The largest absolute Gasteiger partial charge is 0.378 e. The molecule has 0 radical (unpaired) electrons. The van der Waals surface area contributed by atoms with Gasteiger partial charge in [0.1, 0.15) is 6.54 Å². The van der Waals surface area contributed by atoms with Crippen molar-refractivity contribution >= 4 is 17.5 Å². The number of carbonyl (C=O) groups is 2. The fraction of sp³-hybridized carbons (Fsp3) is 0.214. The summed E-state index contributed by atoms with van der Waals surface area (Å²) in [7, 11) is 1.60. The van der Waals surface area contributed by atoms with Crippen LogP contribution in [-0.4, -0.2) is 28.6 Å². The lowest BCUT2D eigenvalue weighted by atomic mass is 10.1. The Hall–Kier alpha value is -2.83. The lowest BCUT2D eigenvalue weighted by Gasteiger charge is -2.05. The third kappa shape index (κ3) is 4.07. The van der Waals surface area contributed by atoms with Crippen LogP contribution in [0.1, 0.15) is 15.9 Å². The van der Waals surface area contributed by atoms with Crippen molar-refractivity contribution in [3.8, 4) is 0 Å². The molecule has 0 unspecified atom stereocenters. The van der Waals surface area contributed by atoms with E-state index in [-0.39, 0.29) is 12.5 Å². The van der Waals surface area contributed by atoms with Crippen LogP contribution in [0.4, 0.5) is 5.69 Å². The van der Waals surface area contributed by atoms with E-state index >= 15 is 0 Å². The highest BCUT2D eigenvalue weighted by molar-refractivity contribution is 5.93. The molecule has 110 valence electrons. The highest BCUT2D eigenvalue weighted by Gasteiger charge is 2.03. The van der Waals surface area contributed by atoms with Crippen molar-refractivity contribution in [3.05, 3.63) is 47.8 Å². The normalized spacial score (nSPS) is 10.1. The number of aromatic nitrogens is 2. The van der Waals surface area contributed by atoms with Gasteiger partial charge in [0.2, 0.25) is 5.91 Å². The van der Waals surface area contributed by atoms with Gasteiger partial charge >= 0.3 is 0 Å². The molecule has 1 aromatic carbocycles. The molecule has 0 bridgehead atoms. The summed E-state index contributed by atoms with van der Waals surface area (Å²) in [6.45, 7) is 0.652. The number of anilines is 1. The average molecular weight is 287 g/mol. The van der Waals surface area contributed by atoms with Gasteiger partial charge in [0.05, 0.1) is 11.9 Å². The van der Waals surface area contributed by atoms with E-state index in [0.717, 1.165) is 11.3 Å². The Kier molecular flexibility index (Phi) is 4.55. The van der Waals surface area contributed by atoms with Crippen molar-refractivity contribution in [2.45, 2.75) is 13.1 Å².